The summed E-state index contributed by atoms with van der Waals surface area (Å²) >= 11 is 5.98. The van der Waals surface area contributed by atoms with Gasteiger partial charge in [0, 0.05) is 30.1 Å². The van der Waals surface area contributed by atoms with Crippen LogP contribution in [0, 0.1) is 5.92 Å². The number of nitrogens with one attached hydrogen (secondary N) is 1. The Morgan fingerprint density at radius 2 is 1.79 bits per heavy atom. The van der Waals surface area contributed by atoms with Gasteiger partial charge in [0.25, 0.3) is 0 Å². The van der Waals surface area contributed by atoms with Crippen LogP contribution in [0.1, 0.15) is 64.2 Å². The minimum absolute atomic E-state index is 0.0679. The largest absolute Gasteiger partial charge is 0.356 e. The minimum Gasteiger partial charge on any atom is -0.356 e. The Morgan fingerprint density at radius 1 is 1.07 bits per heavy atom. The number of nitrogens with zero attached hydrogens (tertiary/aromatic N) is 1. The van der Waals surface area contributed by atoms with Crippen molar-refractivity contribution in [2.24, 2.45) is 5.92 Å². The van der Waals surface area contributed by atoms with E-state index in [9.17, 15) is 13.2 Å². The van der Waals surface area contributed by atoms with Gasteiger partial charge in [-0.2, -0.15) is 4.31 Å². The molecule has 0 bridgehead atoms. The molecule has 1 heterocycles. The molecule has 1 unspecified atom stereocenters. The van der Waals surface area contributed by atoms with Crippen LogP contribution in [0.2, 0.25) is 5.02 Å². The van der Waals surface area contributed by atoms with Gasteiger partial charge in [-0.05, 0) is 50.3 Å². The van der Waals surface area contributed by atoms with Gasteiger partial charge in [0.2, 0.25) is 15.9 Å². The summed E-state index contributed by atoms with van der Waals surface area (Å²) in [6.07, 6.45) is 10.3. The predicted octanol–water partition coefficient (Wildman–Crippen LogP) is 4.36. The van der Waals surface area contributed by atoms with Gasteiger partial charge in [-0.15, -0.1) is 0 Å². The molecule has 1 saturated carbocycles. The van der Waals surface area contributed by atoms with Gasteiger partial charge in [-0.1, -0.05) is 49.8 Å². The van der Waals surface area contributed by atoms with Crippen molar-refractivity contribution in [3.8, 4) is 0 Å². The lowest BCUT2D eigenvalue weighted by Crippen LogP contribution is -2.39. The standard InChI is InChI=1S/C21H31ClN2O3S/c22-18-10-6-12-20(16-18)28(26,27)24-15-7-11-19(24)13-14-23-21(25)17-8-4-2-1-3-5-9-17/h6,10,12,16-17,19H,1-5,7-9,11,13-15H2,(H,23,25). The van der Waals surface area contributed by atoms with E-state index < -0.39 is 10.0 Å². The van der Waals surface area contributed by atoms with Gasteiger partial charge in [0.1, 0.15) is 0 Å². The molecule has 1 aliphatic carbocycles. The lowest BCUT2D eigenvalue weighted by Gasteiger charge is -2.25. The van der Waals surface area contributed by atoms with E-state index in [-0.39, 0.29) is 22.8 Å². The van der Waals surface area contributed by atoms with E-state index in [1.807, 2.05) is 0 Å². The van der Waals surface area contributed by atoms with Crippen molar-refractivity contribution in [3.63, 3.8) is 0 Å². The number of carbonyl (C=O) groups is 1. The molecule has 1 aliphatic heterocycles. The second-order valence-electron chi connectivity index (χ2n) is 7.99. The highest BCUT2D eigenvalue weighted by Crippen LogP contribution is 2.29. The topological polar surface area (TPSA) is 66.5 Å². The van der Waals surface area contributed by atoms with Crippen molar-refractivity contribution in [2.75, 3.05) is 13.1 Å². The van der Waals surface area contributed by atoms with Crippen molar-refractivity contribution < 1.29 is 13.2 Å². The van der Waals surface area contributed by atoms with E-state index in [1.54, 1.807) is 22.5 Å². The van der Waals surface area contributed by atoms with Gasteiger partial charge >= 0.3 is 0 Å². The average Bonchev–Trinajstić information content (AvgIpc) is 3.10. The van der Waals surface area contributed by atoms with Crippen LogP contribution in [0.5, 0.6) is 0 Å². The van der Waals surface area contributed by atoms with Crippen molar-refractivity contribution in [1.29, 1.82) is 0 Å². The monoisotopic (exact) mass is 426 g/mol. The Kier molecular flexibility index (Phi) is 7.77. The number of sulfonamides is 1. The van der Waals surface area contributed by atoms with Gasteiger partial charge in [0.05, 0.1) is 4.90 Å². The molecular formula is C21H31ClN2O3S. The van der Waals surface area contributed by atoms with Crippen molar-refractivity contribution in [2.45, 2.75) is 75.1 Å². The molecule has 5 nitrogen and oxygen atoms in total. The first-order chi connectivity index (χ1) is 13.5. The van der Waals surface area contributed by atoms with E-state index >= 15 is 0 Å². The van der Waals surface area contributed by atoms with Crippen LogP contribution < -0.4 is 5.32 Å². The molecule has 0 radical (unpaired) electrons. The summed E-state index contributed by atoms with van der Waals surface area (Å²) in [5, 5.41) is 3.49. The van der Waals surface area contributed by atoms with Crippen molar-refractivity contribution >= 4 is 27.5 Å². The molecule has 1 aromatic rings. The minimum atomic E-state index is -3.55. The van der Waals surface area contributed by atoms with Gasteiger partial charge in [0.15, 0.2) is 0 Å². The predicted molar refractivity (Wildman–Crippen MR) is 112 cm³/mol. The fourth-order valence-electron chi connectivity index (χ4n) is 4.40. The van der Waals surface area contributed by atoms with Gasteiger partial charge in [-0.3, -0.25) is 4.79 Å². The zero-order chi connectivity index (χ0) is 20.0. The van der Waals surface area contributed by atoms with Crippen LogP contribution in [0.25, 0.3) is 0 Å². The molecule has 0 spiro atoms. The van der Waals surface area contributed by atoms with Crippen LogP contribution in [0.3, 0.4) is 0 Å². The van der Waals surface area contributed by atoms with Gasteiger partial charge < -0.3 is 5.32 Å². The lowest BCUT2D eigenvalue weighted by atomic mass is 9.90. The van der Waals surface area contributed by atoms with Crippen LogP contribution >= 0.6 is 11.6 Å². The number of benzene rings is 1. The molecule has 1 amide bonds. The third kappa shape index (κ3) is 5.49. The maximum atomic E-state index is 13.0. The third-order valence-corrected chi connectivity index (χ3v) is 8.16. The second-order valence-corrected chi connectivity index (χ2v) is 10.3. The number of carbonyl (C=O) groups excluding carboxylic acids is 1. The highest BCUT2D eigenvalue weighted by Gasteiger charge is 2.35. The molecule has 2 aliphatic rings. The van der Waals surface area contributed by atoms with E-state index in [2.05, 4.69) is 5.32 Å². The molecule has 7 heteroatoms. The average molecular weight is 427 g/mol. The van der Waals surface area contributed by atoms with Crippen molar-refractivity contribution in [3.05, 3.63) is 29.3 Å². The zero-order valence-corrected chi connectivity index (χ0v) is 18.0. The summed E-state index contributed by atoms with van der Waals surface area (Å²) in [6, 6.07) is 6.36. The first kappa shape index (κ1) is 21.6. The number of hydrogen-bond donors (Lipinski definition) is 1. The summed E-state index contributed by atoms with van der Waals surface area (Å²) in [6.45, 7) is 1.05. The maximum Gasteiger partial charge on any atom is 0.243 e. The third-order valence-electron chi connectivity index (χ3n) is 5.98. The summed E-state index contributed by atoms with van der Waals surface area (Å²) in [5.74, 6) is 0.263. The van der Waals surface area contributed by atoms with Crippen molar-refractivity contribution in [1.82, 2.24) is 9.62 Å². The zero-order valence-electron chi connectivity index (χ0n) is 16.4. The molecule has 0 aromatic heterocycles. The Bertz CT molecular complexity index is 761. The summed E-state index contributed by atoms with van der Waals surface area (Å²) in [4.78, 5) is 12.8. The van der Waals surface area contributed by atoms with Crippen LogP contribution in [0.15, 0.2) is 29.2 Å². The van der Waals surface area contributed by atoms with E-state index in [0.717, 1.165) is 38.5 Å². The Labute approximate surface area is 173 Å². The van der Waals surface area contributed by atoms with E-state index in [1.165, 1.54) is 25.3 Å². The SMILES string of the molecule is O=C(NCCC1CCCN1S(=O)(=O)c1cccc(Cl)c1)C1CCCCCCC1. The number of hydrogen-bond acceptors (Lipinski definition) is 3. The Hall–Kier alpha value is -1.11. The highest BCUT2D eigenvalue weighted by atomic mass is 35.5. The number of halogens is 1. The first-order valence-electron chi connectivity index (χ1n) is 10.5. The molecule has 1 aromatic carbocycles. The molecular weight excluding hydrogens is 396 g/mol. The Balaban J connectivity index is 1.54. The quantitative estimate of drug-likeness (QED) is 0.734. The fourth-order valence-corrected chi connectivity index (χ4v) is 6.43. The first-order valence-corrected chi connectivity index (χ1v) is 12.4. The number of rotatable bonds is 6. The molecule has 1 N–H and O–H groups in total. The smallest absolute Gasteiger partial charge is 0.243 e. The van der Waals surface area contributed by atoms with Crippen LogP contribution in [-0.4, -0.2) is 37.8 Å². The fraction of sp³-hybridized carbons (Fsp3) is 0.667. The van der Waals surface area contributed by atoms with Crippen LogP contribution in [-0.2, 0) is 14.8 Å². The molecule has 1 atom stereocenters. The van der Waals surface area contributed by atoms with Crippen LogP contribution in [0.4, 0.5) is 0 Å². The van der Waals surface area contributed by atoms with E-state index in [0.29, 0.717) is 24.5 Å². The molecule has 1 saturated heterocycles. The van der Waals surface area contributed by atoms with E-state index in [4.69, 9.17) is 11.6 Å². The Morgan fingerprint density at radius 3 is 2.50 bits per heavy atom. The summed E-state index contributed by atoms with van der Waals surface area (Å²) in [7, 11) is -3.55. The molecule has 3 rings (SSSR count). The van der Waals surface area contributed by atoms with Gasteiger partial charge in [-0.25, -0.2) is 8.42 Å². The molecule has 2 fully saturated rings. The summed E-state index contributed by atoms with van der Waals surface area (Å²) < 4.78 is 27.6. The summed E-state index contributed by atoms with van der Waals surface area (Å²) in [5.41, 5.74) is 0. The number of amides is 1. The maximum absolute atomic E-state index is 13.0. The highest BCUT2D eigenvalue weighted by molar-refractivity contribution is 7.89. The normalized spacial score (nSPS) is 22.5. The second kappa shape index (κ2) is 10.1. The molecule has 28 heavy (non-hydrogen) atoms. The lowest BCUT2D eigenvalue weighted by molar-refractivity contribution is -0.125. The molecule has 156 valence electrons.